The van der Waals surface area contributed by atoms with E-state index in [1.54, 1.807) is 48.5 Å². The molecule has 3 amide bonds. The molecule has 8 aromatic rings. The number of methoxy groups -OCH3 is 3. The van der Waals surface area contributed by atoms with E-state index in [9.17, 15) is 0 Å². The maximum atomic E-state index is 18.2. The van der Waals surface area contributed by atoms with Crippen LogP contribution in [-0.4, -0.2) is 94.4 Å². The molecular weight excluding hydrogens is 1560 g/mol. The first kappa shape index (κ1) is 84.9. The van der Waals surface area contributed by atoms with E-state index in [0.717, 1.165) is 118 Å². The molecule has 25 heteroatoms. The number of nitrogens with two attached hydrogens (primary N) is 3. The van der Waals surface area contributed by atoms with Gasteiger partial charge in [-0.05, 0) is 237 Å². The summed E-state index contributed by atoms with van der Waals surface area (Å²) in [7, 11) is 3.91. The van der Waals surface area contributed by atoms with Gasteiger partial charge in [0, 0.05) is 48.9 Å². The lowest BCUT2D eigenvalue weighted by atomic mass is 9.74. The molecule has 0 saturated heterocycles. The van der Waals surface area contributed by atoms with E-state index in [2.05, 4.69) is 36.7 Å². The lowest BCUT2D eigenvalue weighted by molar-refractivity contribution is -0.187. The lowest BCUT2D eigenvalue weighted by Gasteiger charge is -2.47. The average Bonchev–Trinajstić information content (AvgIpc) is 1.50. The largest absolute Gasteiger partial charge is 0.368 e. The van der Waals surface area contributed by atoms with Crippen LogP contribution in [-0.2, 0) is 65.2 Å². The maximum Gasteiger partial charge on any atom is 0.281 e. The Balaban J connectivity index is 1.25. The van der Waals surface area contributed by atoms with Crippen LogP contribution < -0.4 is 17.2 Å². The van der Waals surface area contributed by atoms with Crippen LogP contribution in [0.25, 0.3) is 0 Å². The first-order valence-electron chi connectivity index (χ1n) is 37.2. The average molecular weight is 1650 g/mol. The smallest absolute Gasteiger partial charge is 0.281 e. The standard InChI is InChI=1S/C87H96BrF6N9O6S3/c1-53-17-19-62(47-55(53)3)83(108-12,78(105)102-87(41-16-46-97,63-20-18-54(2)56(4)48-63)112-76(99-102)70-51-67(91)35-38-73(70)94)43-42-82(107-11,77(104)101-85(39-14-44-95,61-29-31-64(88)32-30-61)110-74(98-101)68-49-65(89)33-36-71(68)92)52-84(109-13,59-25-21-57(22-26-59)80(5,6)7)79(106)103-86(40-15-45-96,60-27-23-58(24-28-60)81(8,9)10)111-75(100-103)69-50-66(90)34-37-72(69)93/h17-38,47-51H,14-16,39-46,52,95-97H2,1-13H3/t82?,83?,84-,85?,86?,87?/m0/s1. The Morgan fingerprint density at radius 1 is 0.411 bits per heavy atom. The molecule has 112 heavy (non-hydrogen) atoms. The summed E-state index contributed by atoms with van der Waals surface area (Å²) in [6.45, 7) is 20.1. The minimum atomic E-state index is -2.60. The third kappa shape index (κ3) is 16.3. The Labute approximate surface area is 673 Å². The molecule has 6 atom stereocenters. The number of aryl methyl sites for hydroxylation is 4. The topological polar surface area (TPSA) is 204 Å². The van der Waals surface area contributed by atoms with Crippen molar-refractivity contribution < 1.29 is 54.9 Å². The number of hydrogen-bond donors (Lipinski definition) is 3. The maximum absolute atomic E-state index is 18.2. The van der Waals surface area contributed by atoms with Crippen molar-refractivity contribution in [2.75, 3.05) is 41.0 Å². The molecule has 8 aromatic carbocycles. The molecule has 3 aliphatic rings. The summed E-state index contributed by atoms with van der Waals surface area (Å²) in [5.41, 5.74) is 17.3. The predicted molar refractivity (Wildman–Crippen MR) is 439 cm³/mol. The van der Waals surface area contributed by atoms with Crippen LogP contribution in [0.1, 0.15) is 177 Å². The molecule has 11 rings (SSSR count). The number of rotatable bonds is 28. The fraction of sp³-hybridized carbons (Fsp3) is 0.379. The van der Waals surface area contributed by atoms with E-state index >= 15 is 40.7 Å². The van der Waals surface area contributed by atoms with Crippen LogP contribution in [0, 0.1) is 62.6 Å². The number of amides is 3. The second-order valence-corrected chi connectivity index (χ2v) is 35.7. The van der Waals surface area contributed by atoms with Gasteiger partial charge in [0.1, 0.15) is 64.6 Å². The Bertz CT molecular complexity index is 4950. The highest BCUT2D eigenvalue weighted by molar-refractivity contribution is 9.10. The Kier molecular flexibility index (Phi) is 25.7. The molecule has 0 spiro atoms. The van der Waals surface area contributed by atoms with Gasteiger partial charge in [-0.3, -0.25) is 14.4 Å². The van der Waals surface area contributed by atoms with E-state index in [-0.39, 0.29) is 107 Å². The van der Waals surface area contributed by atoms with Crippen molar-refractivity contribution in [2.45, 2.75) is 169 Å². The minimum Gasteiger partial charge on any atom is -0.368 e. The Morgan fingerprint density at radius 2 is 0.759 bits per heavy atom. The molecule has 5 unspecified atom stereocenters. The van der Waals surface area contributed by atoms with E-state index in [0.29, 0.717) is 26.7 Å². The number of nitrogens with zero attached hydrogens (tertiary/aromatic N) is 6. The monoisotopic (exact) mass is 1650 g/mol. The van der Waals surface area contributed by atoms with E-state index < -0.39 is 109 Å². The normalized spacial score (nSPS) is 19.6. The van der Waals surface area contributed by atoms with Gasteiger partial charge in [0.2, 0.25) is 0 Å². The highest BCUT2D eigenvalue weighted by atomic mass is 79.9. The molecule has 0 radical (unpaired) electrons. The molecule has 0 aliphatic carbocycles. The van der Waals surface area contributed by atoms with Crippen LogP contribution in [0.2, 0.25) is 0 Å². The summed E-state index contributed by atoms with van der Waals surface area (Å²) in [5, 5.41) is 18.7. The fourth-order valence-corrected chi connectivity index (χ4v) is 19.4. The molecule has 3 heterocycles. The Morgan fingerprint density at radius 3 is 1.14 bits per heavy atom. The molecule has 0 bridgehead atoms. The van der Waals surface area contributed by atoms with Gasteiger partial charge in [-0.1, -0.05) is 190 Å². The summed E-state index contributed by atoms with van der Waals surface area (Å²) in [5.74, 6) is -7.67. The number of thioether (sulfide) groups is 3. The minimum absolute atomic E-state index is 0.00998. The van der Waals surface area contributed by atoms with Crippen molar-refractivity contribution in [2.24, 2.45) is 32.5 Å². The van der Waals surface area contributed by atoms with Gasteiger partial charge in [-0.2, -0.15) is 15.3 Å². The van der Waals surface area contributed by atoms with Crippen LogP contribution in [0.4, 0.5) is 26.3 Å². The van der Waals surface area contributed by atoms with Crippen LogP contribution >= 0.6 is 51.2 Å². The summed E-state index contributed by atoms with van der Waals surface area (Å²) < 4.78 is 119. The van der Waals surface area contributed by atoms with Crippen LogP contribution in [0.5, 0.6) is 0 Å². The van der Waals surface area contributed by atoms with Crippen LogP contribution in [0.15, 0.2) is 184 Å². The molecule has 0 saturated carbocycles. The summed E-state index contributed by atoms with van der Waals surface area (Å²) in [4.78, 5) is 48.9. The SMILES string of the molecule is COC(CCC(OC)(C(=O)N1N=C(c2cc(F)ccc2F)SC1(CCCN)c1ccc(C)c(C)c1)c1ccc(C)c(C)c1)(C[C@@](OC)(C(=O)N1N=C(c2cc(F)ccc2F)SC1(CCCN)c1ccc(C(C)(C)C)cc1)c1ccc(C(C)(C)C)cc1)C(=O)N1N=C(c2cc(F)ccc2F)SC1(CCCN)c1ccc(Br)cc1. The summed E-state index contributed by atoms with van der Waals surface area (Å²) in [6.07, 6.45) is -1.16. The number of hydrazone groups is 3. The van der Waals surface area contributed by atoms with E-state index in [1.165, 1.54) is 36.4 Å². The third-order valence-electron chi connectivity index (χ3n) is 21.8. The summed E-state index contributed by atoms with van der Waals surface area (Å²) in [6, 6.07) is 41.6. The quantitative estimate of drug-likeness (QED) is 0.0392. The van der Waals surface area contributed by atoms with Gasteiger partial charge < -0.3 is 31.4 Å². The second-order valence-electron chi connectivity index (χ2n) is 31.0. The highest BCUT2D eigenvalue weighted by Gasteiger charge is 2.64. The molecular formula is C87H96BrF6N9O6S3. The number of carbonyl (C=O) groups excluding carboxylic acids is 3. The zero-order chi connectivity index (χ0) is 81.3. The number of carbonyl (C=O) groups is 3. The van der Waals surface area contributed by atoms with Gasteiger partial charge in [-0.25, -0.2) is 41.4 Å². The van der Waals surface area contributed by atoms with Crippen LogP contribution in [0.3, 0.4) is 0 Å². The van der Waals surface area contributed by atoms with Gasteiger partial charge in [0.15, 0.2) is 16.8 Å². The van der Waals surface area contributed by atoms with Gasteiger partial charge >= 0.3 is 0 Å². The Hall–Kier alpha value is -7.95. The molecule has 592 valence electrons. The molecule has 6 N–H and O–H groups in total. The molecule has 0 fully saturated rings. The predicted octanol–water partition coefficient (Wildman–Crippen LogP) is 18.6. The van der Waals surface area contributed by atoms with Crippen molar-refractivity contribution in [3.05, 3.63) is 281 Å². The fourth-order valence-electron chi connectivity index (χ4n) is 14.9. The number of halogens is 7. The van der Waals surface area contributed by atoms with Gasteiger partial charge in [-0.15, -0.1) is 0 Å². The lowest BCUT2D eigenvalue weighted by Crippen LogP contribution is -2.61. The zero-order valence-electron chi connectivity index (χ0n) is 65.3. The zero-order valence-corrected chi connectivity index (χ0v) is 69.3. The summed E-state index contributed by atoms with van der Waals surface area (Å²) >= 11 is 6.64. The first-order valence-corrected chi connectivity index (χ1v) is 40.5. The second kappa shape index (κ2) is 33.9. The molecule has 15 nitrogen and oxygen atoms in total. The number of benzene rings is 8. The molecule has 3 aliphatic heterocycles. The third-order valence-corrected chi connectivity index (χ3v) is 26.7. The van der Waals surface area contributed by atoms with Crippen molar-refractivity contribution in [3.63, 3.8) is 0 Å². The van der Waals surface area contributed by atoms with Gasteiger partial charge in [0.25, 0.3) is 17.7 Å². The van der Waals surface area contributed by atoms with E-state index in [4.69, 9.17) is 46.7 Å². The van der Waals surface area contributed by atoms with Gasteiger partial charge in [0.05, 0.1) is 0 Å². The van der Waals surface area contributed by atoms with E-state index in [1.807, 2.05) is 109 Å². The van der Waals surface area contributed by atoms with Crippen molar-refractivity contribution in [1.29, 1.82) is 0 Å². The molecule has 0 aromatic heterocycles. The van der Waals surface area contributed by atoms with Crippen molar-refractivity contribution in [3.8, 4) is 0 Å². The highest BCUT2D eigenvalue weighted by Crippen LogP contribution is 2.59. The number of hydrogen-bond acceptors (Lipinski definition) is 15. The van der Waals surface area contributed by atoms with Crippen molar-refractivity contribution in [1.82, 2.24) is 15.0 Å². The first-order chi connectivity index (χ1) is 53.1. The van der Waals surface area contributed by atoms with Crippen molar-refractivity contribution >= 4 is 84.1 Å². The number of ether oxygens (including phenoxy) is 3.